The minimum Gasteiger partial charge on any atom is -0.493 e. The fourth-order valence-electron chi connectivity index (χ4n) is 2.70. The minimum absolute atomic E-state index is 0.0888. The Morgan fingerprint density at radius 2 is 1.79 bits per heavy atom. The first-order valence-corrected chi connectivity index (χ1v) is 11.4. The summed E-state index contributed by atoms with van der Waals surface area (Å²) in [6.45, 7) is 4.57. The van der Waals surface area contributed by atoms with Crippen LogP contribution in [0, 0.1) is 0 Å². The van der Waals surface area contributed by atoms with Crippen molar-refractivity contribution in [2.75, 3.05) is 19.8 Å². The van der Waals surface area contributed by atoms with Gasteiger partial charge in [0, 0.05) is 12.0 Å². The van der Waals surface area contributed by atoms with Crippen molar-refractivity contribution >= 4 is 11.3 Å². The van der Waals surface area contributed by atoms with Gasteiger partial charge in [-0.25, -0.2) is 0 Å². The molecular formula is C23H28F3N3O3S. The van der Waals surface area contributed by atoms with Crippen molar-refractivity contribution in [1.29, 1.82) is 0 Å². The smallest absolute Gasteiger partial charge is 0.419 e. The molecule has 3 rings (SSSR count). The normalized spacial score (nSPS) is 12.1. The topological polar surface area (TPSA) is 90.5 Å². The van der Waals surface area contributed by atoms with Crippen molar-refractivity contribution < 1.29 is 27.8 Å². The lowest BCUT2D eigenvalue weighted by atomic mass is 10.1. The number of hydrogen-bond acceptors (Lipinski definition) is 7. The number of aliphatic hydroxyl groups is 1. The minimum atomic E-state index is -4.59. The van der Waals surface area contributed by atoms with Crippen LogP contribution in [-0.2, 0) is 17.5 Å². The van der Waals surface area contributed by atoms with Gasteiger partial charge in [0.15, 0.2) is 0 Å². The molecule has 0 amide bonds. The Morgan fingerprint density at radius 1 is 1.06 bits per heavy atom. The van der Waals surface area contributed by atoms with Crippen LogP contribution >= 0.6 is 11.3 Å². The highest BCUT2D eigenvalue weighted by molar-refractivity contribution is 7.14. The predicted octanol–water partition coefficient (Wildman–Crippen LogP) is 5.23. The Morgan fingerprint density at radius 3 is 2.45 bits per heavy atom. The van der Waals surface area contributed by atoms with E-state index < -0.39 is 17.8 Å². The number of aromatic nitrogens is 2. The summed E-state index contributed by atoms with van der Waals surface area (Å²) in [6, 6.07) is 12.6. The SMILES string of the molecule is CC.NC(CO)c1nnc(-c2ccc(OCCCOCc3ccccc3)c(C(F)(F)F)c2)s1. The number of nitrogens with two attached hydrogens (primary N) is 1. The molecule has 0 bridgehead atoms. The monoisotopic (exact) mass is 483 g/mol. The Balaban J connectivity index is 0.00000187. The molecule has 1 unspecified atom stereocenters. The van der Waals surface area contributed by atoms with E-state index in [1.807, 2.05) is 44.2 Å². The van der Waals surface area contributed by atoms with E-state index in [4.69, 9.17) is 20.3 Å². The van der Waals surface area contributed by atoms with E-state index in [9.17, 15) is 13.2 Å². The number of hydrogen-bond donors (Lipinski definition) is 2. The molecule has 0 spiro atoms. The molecule has 3 N–H and O–H groups in total. The standard InChI is InChI=1S/C21H22F3N3O3S.C2H6/c22-21(23,24)16-11-15(19-26-27-20(31-19)17(25)12-28)7-8-18(16)30-10-4-9-29-13-14-5-2-1-3-6-14;1-2/h1-3,5-8,11,17,28H,4,9-10,12-13,25H2;1-2H3. The molecule has 180 valence electrons. The first kappa shape index (κ1) is 26.7. The lowest BCUT2D eigenvalue weighted by Crippen LogP contribution is -2.13. The van der Waals surface area contributed by atoms with Crippen LogP contribution in [0.2, 0.25) is 0 Å². The molecule has 33 heavy (non-hydrogen) atoms. The number of aliphatic hydroxyl groups excluding tert-OH is 1. The summed E-state index contributed by atoms with van der Waals surface area (Å²) in [4.78, 5) is 0. The lowest BCUT2D eigenvalue weighted by molar-refractivity contribution is -0.138. The molecule has 0 radical (unpaired) electrons. The second-order valence-corrected chi connectivity index (χ2v) is 7.69. The molecule has 1 atom stereocenters. The van der Waals surface area contributed by atoms with Crippen molar-refractivity contribution in [1.82, 2.24) is 10.2 Å². The molecule has 0 saturated carbocycles. The van der Waals surface area contributed by atoms with Gasteiger partial charge in [0.1, 0.15) is 15.8 Å². The molecule has 2 aromatic carbocycles. The number of rotatable bonds is 10. The van der Waals surface area contributed by atoms with E-state index in [0.29, 0.717) is 24.6 Å². The van der Waals surface area contributed by atoms with Crippen molar-refractivity contribution in [3.05, 3.63) is 64.7 Å². The van der Waals surface area contributed by atoms with Gasteiger partial charge >= 0.3 is 6.18 Å². The fraction of sp³-hybridized carbons (Fsp3) is 0.391. The van der Waals surface area contributed by atoms with Crippen LogP contribution in [-0.4, -0.2) is 35.1 Å². The molecule has 0 saturated heterocycles. The maximum Gasteiger partial charge on any atom is 0.419 e. The molecule has 1 heterocycles. The van der Waals surface area contributed by atoms with E-state index in [0.717, 1.165) is 23.0 Å². The van der Waals surface area contributed by atoms with Crippen molar-refractivity contribution in [3.63, 3.8) is 0 Å². The van der Waals surface area contributed by atoms with Gasteiger partial charge in [0.2, 0.25) is 0 Å². The number of benzene rings is 2. The van der Waals surface area contributed by atoms with Gasteiger partial charge in [-0.3, -0.25) is 0 Å². The van der Waals surface area contributed by atoms with Crippen LogP contribution in [0.3, 0.4) is 0 Å². The highest BCUT2D eigenvalue weighted by atomic mass is 32.1. The molecule has 0 aliphatic carbocycles. The molecule has 1 aromatic heterocycles. The average Bonchev–Trinajstić information content (AvgIpc) is 3.32. The number of halogens is 3. The molecule has 0 aliphatic heterocycles. The molecule has 6 nitrogen and oxygen atoms in total. The summed E-state index contributed by atoms with van der Waals surface area (Å²) >= 11 is 1.04. The molecule has 10 heteroatoms. The third kappa shape index (κ3) is 8.08. The van der Waals surface area contributed by atoms with E-state index in [1.54, 1.807) is 0 Å². The van der Waals surface area contributed by atoms with Crippen molar-refractivity contribution in [2.45, 2.75) is 39.1 Å². The quantitative estimate of drug-likeness (QED) is 0.384. The van der Waals surface area contributed by atoms with Crippen LogP contribution in [0.1, 0.15) is 42.4 Å². The van der Waals surface area contributed by atoms with Crippen LogP contribution in [0.4, 0.5) is 13.2 Å². The van der Waals surface area contributed by atoms with Crippen LogP contribution in [0.5, 0.6) is 5.75 Å². The zero-order valence-electron chi connectivity index (χ0n) is 18.5. The Labute approximate surface area is 195 Å². The third-order valence-electron chi connectivity index (χ3n) is 4.29. The Bertz CT molecular complexity index is 968. The number of alkyl halides is 3. The maximum atomic E-state index is 13.6. The highest BCUT2D eigenvalue weighted by Gasteiger charge is 2.35. The summed E-state index contributed by atoms with van der Waals surface area (Å²) in [5, 5.41) is 17.4. The molecule has 3 aromatic rings. The maximum absolute atomic E-state index is 13.6. The number of ether oxygens (including phenoxy) is 2. The summed E-state index contributed by atoms with van der Waals surface area (Å²) in [5.74, 6) is -0.254. The predicted molar refractivity (Wildman–Crippen MR) is 122 cm³/mol. The van der Waals surface area contributed by atoms with Crippen LogP contribution in [0.15, 0.2) is 48.5 Å². The van der Waals surface area contributed by atoms with E-state index in [1.165, 1.54) is 12.1 Å². The molecular weight excluding hydrogens is 455 g/mol. The largest absolute Gasteiger partial charge is 0.493 e. The van der Waals surface area contributed by atoms with E-state index in [-0.39, 0.29) is 29.5 Å². The average molecular weight is 484 g/mol. The Hall–Kier alpha value is -2.53. The fourth-order valence-corrected chi connectivity index (χ4v) is 3.53. The van der Waals surface area contributed by atoms with Crippen LogP contribution < -0.4 is 10.5 Å². The van der Waals surface area contributed by atoms with Gasteiger partial charge in [-0.2, -0.15) is 13.2 Å². The Kier molecular flexibility index (Phi) is 10.7. The highest BCUT2D eigenvalue weighted by Crippen LogP contribution is 2.39. The van der Waals surface area contributed by atoms with Gasteiger partial charge in [-0.05, 0) is 23.8 Å². The van der Waals surface area contributed by atoms with E-state index in [2.05, 4.69) is 10.2 Å². The van der Waals surface area contributed by atoms with Crippen molar-refractivity contribution in [2.24, 2.45) is 5.73 Å². The molecule has 0 aliphatic rings. The summed E-state index contributed by atoms with van der Waals surface area (Å²) in [7, 11) is 0. The van der Waals surface area contributed by atoms with E-state index >= 15 is 0 Å². The van der Waals surface area contributed by atoms with Gasteiger partial charge in [0.25, 0.3) is 0 Å². The van der Waals surface area contributed by atoms with Gasteiger partial charge in [0.05, 0.1) is 38.0 Å². The summed E-state index contributed by atoms with van der Waals surface area (Å²) in [5.41, 5.74) is 6.06. The van der Waals surface area contributed by atoms with Gasteiger partial charge < -0.3 is 20.3 Å². The zero-order valence-corrected chi connectivity index (χ0v) is 19.3. The lowest BCUT2D eigenvalue weighted by Gasteiger charge is -2.15. The zero-order chi connectivity index (χ0) is 24.3. The van der Waals surface area contributed by atoms with Crippen LogP contribution in [0.25, 0.3) is 10.6 Å². The van der Waals surface area contributed by atoms with Crippen molar-refractivity contribution in [3.8, 4) is 16.3 Å². The number of nitrogens with zero attached hydrogens (tertiary/aromatic N) is 2. The molecule has 0 fully saturated rings. The second kappa shape index (κ2) is 13.2. The summed E-state index contributed by atoms with van der Waals surface area (Å²) < 4.78 is 51.6. The third-order valence-corrected chi connectivity index (χ3v) is 5.39. The first-order chi connectivity index (χ1) is 15.9. The second-order valence-electron chi connectivity index (χ2n) is 6.68. The van der Waals surface area contributed by atoms with Gasteiger partial charge in [-0.15, -0.1) is 10.2 Å². The van der Waals surface area contributed by atoms with Gasteiger partial charge in [-0.1, -0.05) is 55.5 Å². The first-order valence-electron chi connectivity index (χ1n) is 10.5. The summed E-state index contributed by atoms with van der Waals surface area (Å²) in [6.07, 6.45) is -4.14.